The van der Waals surface area contributed by atoms with Crippen molar-refractivity contribution in [1.82, 2.24) is 10.1 Å². The molecule has 1 N–H and O–H groups in total. The highest BCUT2D eigenvalue weighted by Gasteiger charge is 2.16. The Balaban J connectivity index is 2.63. The van der Waals surface area contributed by atoms with Crippen molar-refractivity contribution in [2.45, 2.75) is 45.9 Å². The number of hydrogen-bond donors (Lipinski definition) is 1. The van der Waals surface area contributed by atoms with E-state index in [1.54, 1.807) is 7.11 Å². The highest BCUT2D eigenvalue weighted by molar-refractivity contribution is 5.04. The molecular formula is C13H24N2O3. The molecule has 0 radical (unpaired) electrons. The first-order chi connectivity index (χ1) is 8.74. The van der Waals surface area contributed by atoms with Crippen molar-refractivity contribution in [3.63, 3.8) is 0 Å². The Bertz CT molecular complexity index is 324. The summed E-state index contributed by atoms with van der Waals surface area (Å²) in [4.78, 5) is 2.24. The van der Waals surface area contributed by atoms with Crippen molar-refractivity contribution < 1.29 is 14.4 Å². The zero-order valence-corrected chi connectivity index (χ0v) is 11.6. The number of rotatable bonds is 9. The van der Waals surface area contributed by atoms with Gasteiger partial charge in [-0.1, -0.05) is 19.0 Å². The summed E-state index contributed by atoms with van der Waals surface area (Å²) in [6, 6.07) is 2.38. The van der Waals surface area contributed by atoms with Gasteiger partial charge in [0.25, 0.3) is 0 Å². The lowest BCUT2D eigenvalue weighted by atomic mass is 10.1. The highest BCUT2D eigenvalue weighted by atomic mass is 16.5. The molecule has 5 nitrogen and oxygen atoms in total. The molecule has 0 bridgehead atoms. The number of nitrogens with zero attached hydrogens (tertiary/aromatic N) is 2. The molecule has 1 rings (SSSR count). The summed E-state index contributed by atoms with van der Waals surface area (Å²) < 4.78 is 10.2. The Morgan fingerprint density at radius 3 is 2.72 bits per heavy atom. The van der Waals surface area contributed by atoms with Gasteiger partial charge in [0.2, 0.25) is 0 Å². The molecule has 0 unspecified atom stereocenters. The van der Waals surface area contributed by atoms with Crippen molar-refractivity contribution in [2.24, 2.45) is 0 Å². The van der Waals surface area contributed by atoms with Crippen LogP contribution in [0.3, 0.4) is 0 Å². The predicted octanol–water partition coefficient (Wildman–Crippen LogP) is 1.80. The van der Waals surface area contributed by atoms with E-state index < -0.39 is 0 Å². The van der Waals surface area contributed by atoms with E-state index in [9.17, 15) is 0 Å². The van der Waals surface area contributed by atoms with Crippen molar-refractivity contribution in [2.75, 3.05) is 20.3 Å². The summed E-state index contributed by atoms with van der Waals surface area (Å²) in [5.41, 5.74) is 0.891. The summed E-state index contributed by atoms with van der Waals surface area (Å²) in [7, 11) is 1.63. The number of aliphatic hydroxyl groups is 1. The predicted molar refractivity (Wildman–Crippen MR) is 69.1 cm³/mol. The van der Waals surface area contributed by atoms with Crippen LogP contribution in [0.2, 0.25) is 0 Å². The standard InChI is InChI=1S/C13H24N2O3/c1-4-12(5-2)15(6-7-16)9-11-8-13(10-17-3)18-14-11/h8,12,16H,4-7,9-10H2,1-3H3. The maximum Gasteiger partial charge on any atom is 0.162 e. The maximum atomic E-state index is 9.14. The van der Waals surface area contributed by atoms with Crippen LogP contribution < -0.4 is 0 Å². The minimum absolute atomic E-state index is 0.166. The molecule has 1 aromatic heterocycles. The monoisotopic (exact) mass is 256 g/mol. The fraction of sp³-hybridized carbons (Fsp3) is 0.769. The molecule has 0 aliphatic rings. The fourth-order valence-electron chi connectivity index (χ4n) is 2.17. The van der Waals surface area contributed by atoms with Crippen molar-refractivity contribution in [1.29, 1.82) is 0 Å². The molecular weight excluding hydrogens is 232 g/mol. The lowest BCUT2D eigenvalue weighted by molar-refractivity contribution is 0.133. The number of aromatic nitrogens is 1. The Kier molecular flexibility index (Phi) is 6.93. The molecule has 0 fully saturated rings. The molecule has 0 spiro atoms. The van der Waals surface area contributed by atoms with Crippen molar-refractivity contribution in [3.8, 4) is 0 Å². The third-order valence-corrected chi connectivity index (χ3v) is 3.11. The Morgan fingerprint density at radius 2 is 2.17 bits per heavy atom. The minimum atomic E-state index is 0.166. The second-order valence-electron chi connectivity index (χ2n) is 4.38. The summed E-state index contributed by atoms with van der Waals surface area (Å²) in [5, 5.41) is 13.2. The molecule has 18 heavy (non-hydrogen) atoms. The fourth-order valence-corrected chi connectivity index (χ4v) is 2.17. The maximum absolute atomic E-state index is 9.14. The quantitative estimate of drug-likeness (QED) is 0.730. The average Bonchev–Trinajstić information content (AvgIpc) is 2.79. The van der Waals surface area contributed by atoms with Crippen LogP contribution in [-0.2, 0) is 17.9 Å². The van der Waals surface area contributed by atoms with Crippen LogP contribution in [-0.4, -0.2) is 41.5 Å². The van der Waals surface area contributed by atoms with Gasteiger partial charge in [-0.15, -0.1) is 0 Å². The van der Waals surface area contributed by atoms with Gasteiger partial charge in [0.1, 0.15) is 6.61 Å². The number of ether oxygens (including phenoxy) is 1. The van der Waals surface area contributed by atoms with Gasteiger partial charge in [0, 0.05) is 32.3 Å². The van der Waals surface area contributed by atoms with E-state index in [0.29, 0.717) is 25.7 Å². The van der Waals surface area contributed by atoms with Crippen LogP contribution in [0.1, 0.15) is 38.1 Å². The summed E-state index contributed by atoms with van der Waals surface area (Å²) in [5.74, 6) is 0.737. The van der Waals surface area contributed by atoms with E-state index in [-0.39, 0.29) is 6.61 Å². The van der Waals surface area contributed by atoms with E-state index in [2.05, 4.69) is 23.9 Å². The largest absolute Gasteiger partial charge is 0.395 e. The first-order valence-electron chi connectivity index (χ1n) is 6.53. The molecule has 104 valence electrons. The summed E-state index contributed by atoms with van der Waals surface area (Å²) in [6.45, 7) is 6.31. The highest BCUT2D eigenvalue weighted by Crippen LogP contribution is 2.14. The SMILES string of the molecule is CCC(CC)N(CCO)Cc1cc(COC)on1. The molecule has 0 saturated carbocycles. The topological polar surface area (TPSA) is 58.7 Å². The summed E-state index contributed by atoms with van der Waals surface area (Å²) in [6.07, 6.45) is 2.14. The van der Waals surface area contributed by atoms with Crippen LogP contribution in [0, 0.1) is 0 Å². The Labute approximate surface area is 109 Å². The van der Waals surface area contributed by atoms with Gasteiger partial charge in [0.15, 0.2) is 5.76 Å². The van der Waals surface area contributed by atoms with Gasteiger partial charge in [-0.05, 0) is 12.8 Å². The van der Waals surface area contributed by atoms with Crippen LogP contribution in [0.15, 0.2) is 10.6 Å². The molecule has 1 heterocycles. The van der Waals surface area contributed by atoms with Crippen LogP contribution in [0.25, 0.3) is 0 Å². The van der Waals surface area contributed by atoms with Gasteiger partial charge in [-0.25, -0.2) is 0 Å². The van der Waals surface area contributed by atoms with Gasteiger partial charge >= 0.3 is 0 Å². The minimum Gasteiger partial charge on any atom is -0.395 e. The molecule has 0 aromatic carbocycles. The third-order valence-electron chi connectivity index (χ3n) is 3.11. The second-order valence-corrected chi connectivity index (χ2v) is 4.38. The molecule has 5 heteroatoms. The Morgan fingerprint density at radius 1 is 1.44 bits per heavy atom. The zero-order valence-electron chi connectivity index (χ0n) is 11.6. The first kappa shape index (κ1) is 15.1. The lowest BCUT2D eigenvalue weighted by Crippen LogP contribution is -2.36. The number of hydrogen-bond acceptors (Lipinski definition) is 5. The normalized spacial score (nSPS) is 11.7. The van der Waals surface area contributed by atoms with E-state index >= 15 is 0 Å². The number of aliphatic hydroxyl groups excluding tert-OH is 1. The van der Waals surface area contributed by atoms with Crippen LogP contribution in [0.5, 0.6) is 0 Å². The molecule has 0 aliphatic carbocycles. The van der Waals surface area contributed by atoms with Gasteiger partial charge in [-0.3, -0.25) is 4.90 Å². The molecule has 0 saturated heterocycles. The van der Waals surface area contributed by atoms with Crippen molar-refractivity contribution in [3.05, 3.63) is 17.5 Å². The molecule has 1 aromatic rings. The van der Waals surface area contributed by atoms with Gasteiger partial charge < -0.3 is 14.4 Å². The molecule has 0 aliphatic heterocycles. The Hall–Kier alpha value is -0.910. The smallest absolute Gasteiger partial charge is 0.162 e. The van der Waals surface area contributed by atoms with E-state index in [1.807, 2.05) is 6.07 Å². The summed E-state index contributed by atoms with van der Waals surface area (Å²) >= 11 is 0. The number of methoxy groups -OCH3 is 1. The van der Waals surface area contributed by atoms with E-state index in [4.69, 9.17) is 14.4 Å². The lowest BCUT2D eigenvalue weighted by Gasteiger charge is -2.28. The first-order valence-corrected chi connectivity index (χ1v) is 6.53. The molecule has 0 amide bonds. The molecule has 0 atom stereocenters. The van der Waals surface area contributed by atoms with Gasteiger partial charge in [0.05, 0.1) is 12.3 Å². The zero-order chi connectivity index (χ0) is 13.4. The van der Waals surface area contributed by atoms with E-state index in [0.717, 1.165) is 24.3 Å². The van der Waals surface area contributed by atoms with Crippen LogP contribution in [0.4, 0.5) is 0 Å². The van der Waals surface area contributed by atoms with Gasteiger partial charge in [-0.2, -0.15) is 0 Å². The average molecular weight is 256 g/mol. The van der Waals surface area contributed by atoms with Crippen molar-refractivity contribution >= 4 is 0 Å². The van der Waals surface area contributed by atoms with E-state index in [1.165, 1.54) is 0 Å². The third kappa shape index (κ3) is 4.40. The van der Waals surface area contributed by atoms with Crippen LogP contribution >= 0.6 is 0 Å². The second kappa shape index (κ2) is 8.24.